The largest absolute Gasteiger partial charge is 0.489 e. The van der Waals surface area contributed by atoms with Crippen molar-refractivity contribution in [3.05, 3.63) is 22.9 Å². The Bertz CT molecular complexity index is 853. The molecule has 7 nitrogen and oxygen atoms in total. The molecule has 1 aliphatic heterocycles. The second-order valence-electron chi connectivity index (χ2n) is 8.03. The average molecular weight is 429 g/mol. The number of allylic oxidation sites excluding steroid dienone is 1. The van der Waals surface area contributed by atoms with Gasteiger partial charge in [0.2, 0.25) is 11.8 Å². The van der Waals surface area contributed by atoms with Gasteiger partial charge in [-0.25, -0.2) is 8.78 Å². The van der Waals surface area contributed by atoms with Gasteiger partial charge >= 0.3 is 0 Å². The fraction of sp³-hybridized carbons (Fsp3) is 0.579. The average Bonchev–Trinajstić information content (AvgIpc) is 2.76. The number of amidine groups is 1. The minimum Gasteiger partial charge on any atom is -0.489 e. The molecule has 1 fully saturated rings. The number of likely N-dealkylation sites (tertiary alicyclic amines) is 1. The monoisotopic (exact) mass is 428 g/mol. The molecule has 0 aromatic carbocycles. The summed E-state index contributed by atoms with van der Waals surface area (Å²) in [7, 11) is 0. The maximum atomic E-state index is 13.3. The first-order valence-corrected chi connectivity index (χ1v) is 9.53. The van der Waals surface area contributed by atoms with Gasteiger partial charge in [0.05, 0.1) is 21.8 Å². The lowest BCUT2D eigenvalue weighted by Gasteiger charge is -2.47. The Morgan fingerprint density at radius 1 is 1.59 bits per heavy atom. The summed E-state index contributed by atoms with van der Waals surface area (Å²) >= 11 is 6.11. The van der Waals surface area contributed by atoms with Crippen molar-refractivity contribution in [2.45, 2.75) is 39.2 Å². The highest BCUT2D eigenvalue weighted by atomic mass is 35.5. The molecule has 2 amide bonds. The molecule has 3 unspecified atom stereocenters. The molecule has 0 spiro atoms. The topological polar surface area (TPSA) is 106 Å². The smallest absolute Gasteiger partial charge is 0.278 e. The van der Waals surface area contributed by atoms with Crippen LogP contribution in [0.15, 0.2) is 22.9 Å². The summed E-state index contributed by atoms with van der Waals surface area (Å²) < 4.78 is 31.8. The number of halogens is 3. The highest BCUT2D eigenvalue weighted by molar-refractivity contribution is 6.31. The summed E-state index contributed by atoms with van der Waals surface area (Å²) in [6.07, 6.45) is 4.68. The van der Waals surface area contributed by atoms with E-state index in [2.05, 4.69) is 5.32 Å². The van der Waals surface area contributed by atoms with E-state index in [4.69, 9.17) is 27.2 Å². The molecule has 0 bridgehead atoms. The Kier molecular flexibility index (Phi) is 5.09. The lowest BCUT2D eigenvalue weighted by atomic mass is 9.68. The van der Waals surface area contributed by atoms with E-state index in [9.17, 15) is 18.4 Å². The van der Waals surface area contributed by atoms with Crippen LogP contribution in [0.1, 0.15) is 27.2 Å². The molecule has 10 heteroatoms. The Labute approximate surface area is 172 Å². The van der Waals surface area contributed by atoms with Crippen molar-refractivity contribution >= 4 is 35.5 Å². The molecule has 158 valence electrons. The van der Waals surface area contributed by atoms with Crippen molar-refractivity contribution in [1.29, 1.82) is 10.8 Å². The fourth-order valence-corrected chi connectivity index (χ4v) is 4.63. The molecule has 0 aromatic heterocycles. The van der Waals surface area contributed by atoms with Gasteiger partial charge in [0.25, 0.3) is 5.92 Å². The molecule has 3 aliphatic rings. The van der Waals surface area contributed by atoms with Crippen molar-refractivity contribution in [3.8, 4) is 0 Å². The Morgan fingerprint density at radius 2 is 2.24 bits per heavy atom. The molecule has 1 saturated heterocycles. The Hall–Kier alpha value is -2.29. The number of rotatable bonds is 7. The molecular weight excluding hydrogens is 406 g/mol. The third-order valence-electron chi connectivity index (χ3n) is 5.95. The van der Waals surface area contributed by atoms with E-state index in [1.165, 1.54) is 11.8 Å². The van der Waals surface area contributed by atoms with Crippen LogP contribution < -0.4 is 5.32 Å². The molecule has 3 rings (SSSR count). The first-order valence-electron chi connectivity index (χ1n) is 9.16. The molecule has 0 saturated carbocycles. The van der Waals surface area contributed by atoms with Gasteiger partial charge in [-0.3, -0.25) is 15.0 Å². The van der Waals surface area contributed by atoms with E-state index < -0.39 is 41.2 Å². The van der Waals surface area contributed by atoms with E-state index in [0.717, 1.165) is 13.1 Å². The van der Waals surface area contributed by atoms with Gasteiger partial charge in [-0.1, -0.05) is 23.8 Å². The number of carbonyl (C=O) groups excluding carboxylic acids is 2. The summed E-state index contributed by atoms with van der Waals surface area (Å²) in [5.74, 6) is -4.29. The van der Waals surface area contributed by atoms with Crippen LogP contribution >= 0.6 is 11.6 Å². The standard InChI is InChI=1S/C19H23ClF2N4O3/c1-10(19(7-23)6-13(20)14(19)29-9-17(3,21)22)26-8-18(16(24)25-11(2)27)5-4-12(18)15(26)28/h4-5,7,10,12,23H,6,8-9H2,1-3H3,(H2,24,25,27)/t10?,12?,18-,19?/m0/s1. The van der Waals surface area contributed by atoms with Crippen LogP contribution in [0.5, 0.6) is 0 Å². The van der Waals surface area contributed by atoms with Crippen LogP contribution in [-0.2, 0) is 14.3 Å². The number of amides is 2. The van der Waals surface area contributed by atoms with Crippen LogP contribution in [0.25, 0.3) is 0 Å². The lowest BCUT2D eigenvalue weighted by molar-refractivity contribution is -0.134. The molecule has 0 aromatic rings. The fourth-order valence-electron chi connectivity index (χ4n) is 4.18. The van der Waals surface area contributed by atoms with Crippen molar-refractivity contribution < 1.29 is 23.1 Å². The van der Waals surface area contributed by atoms with E-state index in [1.807, 2.05) is 0 Å². The van der Waals surface area contributed by atoms with Gasteiger partial charge in [0, 0.05) is 39.1 Å². The summed E-state index contributed by atoms with van der Waals surface area (Å²) in [5.41, 5.74) is -2.05. The second kappa shape index (κ2) is 6.90. The number of fused-ring (bicyclic) bond motifs is 1. The van der Waals surface area contributed by atoms with E-state index in [-0.39, 0.29) is 35.5 Å². The molecular formula is C19H23ClF2N4O3. The number of nitrogens with one attached hydrogen (secondary N) is 3. The molecule has 3 N–H and O–H groups in total. The first-order chi connectivity index (χ1) is 13.4. The van der Waals surface area contributed by atoms with Crippen LogP contribution in [-0.4, -0.2) is 53.9 Å². The van der Waals surface area contributed by atoms with Crippen molar-refractivity contribution in [3.63, 3.8) is 0 Å². The van der Waals surface area contributed by atoms with Crippen LogP contribution in [0.4, 0.5) is 8.78 Å². The van der Waals surface area contributed by atoms with Crippen molar-refractivity contribution in [2.75, 3.05) is 13.2 Å². The third kappa shape index (κ3) is 3.25. The third-order valence-corrected chi connectivity index (χ3v) is 6.25. The van der Waals surface area contributed by atoms with Gasteiger partial charge in [-0.05, 0) is 6.92 Å². The summed E-state index contributed by atoms with van der Waals surface area (Å²) in [6, 6.07) is -0.607. The Balaban J connectivity index is 1.84. The Morgan fingerprint density at radius 3 is 2.69 bits per heavy atom. The number of hydrogen-bond acceptors (Lipinski definition) is 5. The summed E-state index contributed by atoms with van der Waals surface area (Å²) in [4.78, 5) is 25.9. The van der Waals surface area contributed by atoms with Gasteiger partial charge in [0.15, 0.2) is 6.61 Å². The molecule has 1 heterocycles. The predicted molar refractivity (Wildman–Crippen MR) is 103 cm³/mol. The quantitative estimate of drug-likeness (QED) is 0.329. The molecule has 29 heavy (non-hydrogen) atoms. The van der Waals surface area contributed by atoms with E-state index in [0.29, 0.717) is 0 Å². The minimum absolute atomic E-state index is 0.0614. The zero-order valence-electron chi connectivity index (χ0n) is 16.3. The minimum atomic E-state index is -3.07. The number of hydrogen-bond donors (Lipinski definition) is 3. The zero-order chi connectivity index (χ0) is 21.8. The van der Waals surface area contributed by atoms with Gasteiger partial charge in [-0.15, -0.1) is 0 Å². The van der Waals surface area contributed by atoms with Gasteiger partial charge < -0.3 is 20.4 Å². The second-order valence-corrected chi connectivity index (χ2v) is 8.49. The van der Waals surface area contributed by atoms with Gasteiger partial charge in [-0.2, -0.15) is 0 Å². The summed E-state index contributed by atoms with van der Waals surface area (Å²) in [6.45, 7) is 2.98. The number of ether oxygens (including phenoxy) is 1. The number of carbonyl (C=O) groups is 2. The van der Waals surface area contributed by atoms with Crippen LogP contribution in [0.3, 0.4) is 0 Å². The highest BCUT2D eigenvalue weighted by Crippen LogP contribution is 2.55. The lowest BCUT2D eigenvalue weighted by Crippen LogP contribution is -2.54. The molecule has 0 radical (unpaired) electrons. The zero-order valence-corrected chi connectivity index (χ0v) is 17.1. The van der Waals surface area contributed by atoms with E-state index in [1.54, 1.807) is 19.1 Å². The molecule has 2 aliphatic carbocycles. The predicted octanol–water partition coefficient (Wildman–Crippen LogP) is 2.66. The number of alkyl halides is 2. The number of nitrogens with zero attached hydrogens (tertiary/aromatic N) is 1. The maximum absolute atomic E-state index is 13.3. The first kappa shape index (κ1) is 21.4. The van der Waals surface area contributed by atoms with Crippen molar-refractivity contribution in [1.82, 2.24) is 10.2 Å². The van der Waals surface area contributed by atoms with Crippen LogP contribution in [0.2, 0.25) is 0 Å². The summed E-state index contributed by atoms with van der Waals surface area (Å²) in [5, 5.41) is 18.9. The van der Waals surface area contributed by atoms with Crippen LogP contribution in [0, 0.1) is 27.6 Å². The normalized spacial score (nSPS) is 31.6. The highest BCUT2D eigenvalue weighted by Gasteiger charge is 2.62. The van der Waals surface area contributed by atoms with Gasteiger partial charge in [0.1, 0.15) is 11.6 Å². The van der Waals surface area contributed by atoms with Crippen molar-refractivity contribution in [2.24, 2.45) is 16.7 Å². The maximum Gasteiger partial charge on any atom is 0.278 e. The SMILES string of the molecule is CC(=O)NC(=N)[C@]12C=CC1C(=O)N(C(C)C1(C=N)CC(Cl)=C1OCC(C)(F)F)C2. The molecule has 4 atom stereocenters. The van der Waals surface area contributed by atoms with E-state index >= 15 is 0 Å².